The zero-order chi connectivity index (χ0) is 15.4. The van der Waals surface area contributed by atoms with Crippen molar-refractivity contribution in [3.8, 4) is 0 Å². The maximum atomic E-state index is 11.7. The van der Waals surface area contributed by atoms with Crippen molar-refractivity contribution < 1.29 is 18.2 Å². The molecule has 0 saturated carbocycles. The second-order valence-electron chi connectivity index (χ2n) is 5.81. The van der Waals surface area contributed by atoms with Gasteiger partial charge in [0, 0.05) is 11.2 Å². The number of nitrogens with zero attached hydrogens (tertiary/aromatic N) is 1. The monoisotopic (exact) mass is 303 g/mol. The second-order valence-corrected chi connectivity index (χ2v) is 9.74. The summed E-state index contributed by atoms with van der Waals surface area (Å²) in [5, 5.41) is 3.85. The molecule has 0 aromatic carbocycles. The molecular weight excluding hydrogens is 278 g/mol. The molecule has 20 heavy (non-hydrogen) atoms. The van der Waals surface area contributed by atoms with Crippen LogP contribution in [0.2, 0.25) is 0 Å². The van der Waals surface area contributed by atoms with Crippen molar-refractivity contribution in [2.24, 2.45) is 0 Å². The van der Waals surface area contributed by atoms with E-state index in [1.165, 1.54) is 6.26 Å². The van der Waals surface area contributed by atoms with Gasteiger partial charge in [0.1, 0.15) is 17.5 Å². The van der Waals surface area contributed by atoms with Crippen LogP contribution in [-0.4, -0.2) is 41.6 Å². The first kappa shape index (κ1) is 17.0. The van der Waals surface area contributed by atoms with Crippen LogP contribution >= 0.6 is 10.3 Å². The molecule has 6 heteroatoms. The Balaban J connectivity index is 2.60. The van der Waals surface area contributed by atoms with Crippen molar-refractivity contribution >= 4 is 16.3 Å². The van der Waals surface area contributed by atoms with Crippen molar-refractivity contribution in [2.75, 3.05) is 25.7 Å². The number of ether oxygens (including phenoxy) is 1. The third-order valence-corrected chi connectivity index (χ3v) is 7.04. The number of carbonyl (C=O) groups is 1. The summed E-state index contributed by atoms with van der Waals surface area (Å²) in [6.07, 6.45) is 6.15. The topological polar surface area (TPSA) is 61.6 Å². The standard InChI is InChI=1S/C14H25NO4S/c1-7-17-13(16)11-10-18-15-12(11)8-9-19-20(5,6)14(2,3)4/h10H,7-9H2,1-6H3. The minimum absolute atomic E-state index is 0.112. The Morgan fingerprint density at radius 2 is 2.05 bits per heavy atom. The maximum Gasteiger partial charge on any atom is 0.343 e. The van der Waals surface area contributed by atoms with Crippen LogP contribution < -0.4 is 0 Å². The van der Waals surface area contributed by atoms with E-state index in [1.807, 2.05) is 0 Å². The highest BCUT2D eigenvalue weighted by Gasteiger charge is 2.29. The Labute approximate surface area is 122 Å². The third kappa shape index (κ3) is 4.24. The highest BCUT2D eigenvalue weighted by atomic mass is 32.3. The highest BCUT2D eigenvalue weighted by molar-refractivity contribution is 8.29. The summed E-state index contributed by atoms with van der Waals surface area (Å²) in [7, 11) is -1.17. The molecule has 0 N–H and O–H groups in total. The fraction of sp³-hybridized carbons (Fsp3) is 0.714. The molecular formula is C14H25NO4S. The summed E-state index contributed by atoms with van der Waals surface area (Å²) in [4.78, 5) is 11.7. The number of esters is 1. The third-order valence-electron chi connectivity index (χ3n) is 3.33. The predicted molar refractivity (Wildman–Crippen MR) is 81.3 cm³/mol. The zero-order valence-electron chi connectivity index (χ0n) is 13.2. The molecule has 0 bridgehead atoms. The Hall–Kier alpha value is -1.01. The van der Waals surface area contributed by atoms with Gasteiger partial charge in [-0.25, -0.2) is 4.79 Å². The lowest BCUT2D eigenvalue weighted by Gasteiger charge is -2.43. The Bertz CT molecular complexity index is 448. The number of hydrogen-bond donors (Lipinski definition) is 0. The van der Waals surface area contributed by atoms with Gasteiger partial charge >= 0.3 is 5.97 Å². The normalized spacial score (nSPS) is 13.3. The van der Waals surface area contributed by atoms with Crippen LogP contribution in [0.1, 0.15) is 43.7 Å². The Morgan fingerprint density at radius 1 is 1.40 bits per heavy atom. The summed E-state index contributed by atoms with van der Waals surface area (Å²) in [6, 6.07) is 0. The van der Waals surface area contributed by atoms with Gasteiger partial charge in [-0.3, -0.25) is 0 Å². The molecule has 0 amide bonds. The Kier molecular flexibility index (Phi) is 5.65. The van der Waals surface area contributed by atoms with Crippen LogP contribution in [0, 0.1) is 0 Å². The maximum absolute atomic E-state index is 11.7. The molecule has 1 aromatic heterocycles. The first-order valence-corrected chi connectivity index (χ1v) is 9.04. The molecule has 0 fully saturated rings. The largest absolute Gasteiger partial charge is 0.462 e. The van der Waals surface area contributed by atoms with Crippen molar-refractivity contribution in [2.45, 2.75) is 38.9 Å². The number of aromatic nitrogens is 1. The second kappa shape index (κ2) is 6.63. The quantitative estimate of drug-likeness (QED) is 0.755. The summed E-state index contributed by atoms with van der Waals surface area (Å²) in [6.45, 7) is 9.12. The van der Waals surface area contributed by atoms with Gasteiger partial charge in [0.05, 0.1) is 13.2 Å². The van der Waals surface area contributed by atoms with Gasteiger partial charge in [-0.1, -0.05) is 25.9 Å². The molecule has 116 valence electrons. The molecule has 0 radical (unpaired) electrons. The lowest BCUT2D eigenvalue weighted by molar-refractivity contribution is 0.0524. The van der Waals surface area contributed by atoms with Crippen LogP contribution in [0.15, 0.2) is 10.8 Å². The molecule has 1 heterocycles. The van der Waals surface area contributed by atoms with E-state index in [9.17, 15) is 4.79 Å². The molecule has 0 saturated heterocycles. The van der Waals surface area contributed by atoms with Gasteiger partial charge in [-0.15, -0.1) is 10.3 Å². The van der Waals surface area contributed by atoms with E-state index in [4.69, 9.17) is 13.4 Å². The van der Waals surface area contributed by atoms with Gasteiger partial charge in [-0.05, 0) is 19.4 Å². The van der Waals surface area contributed by atoms with E-state index in [1.54, 1.807) is 6.92 Å². The SMILES string of the molecule is CCOC(=O)c1conc1CCOS(C)(C)C(C)(C)C. The first-order chi connectivity index (χ1) is 9.19. The van der Waals surface area contributed by atoms with Gasteiger partial charge in [-0.2, -0.15) is 0 Å². The molecule has 0 atom stereocenters. The Morgan fingerprint density at radius 3 is 2.60 bits per heavy atom. The van der Waals surface area contributed by atoms with Crippen LogP contribution in [0.5, 0.6) is 0 Å². The lowest BCUT2D eigenvalue weighted by Crippen LogP contribution is -2.25. The van der Waals surface area contributed by atoms with Crippen LogP contribution in [0.25, 0.3) is 0 Å². The molecule has 1 aromatic rings. The lowest BCUT2D eigenvalue weighted by atomic mass is 10.2. The average molecular weight is 303 g/mol. The van der Waals surface area contributed by atoms with Crippen LogP contribution in [-0.2, 0) is 15.3 Å². The van der Waals surface area contributed by atoms with E-state index in [0.717, 1.165) is 0 Å². The average Bonchev–Trinajstić information content (AvgIpc) is 2.76. The van der Waals surface area contributed by atoms with Gasteiger partial charge < -0.3 is 13.4 Å². The molecule has 0 aliphatic carbocycles. The first-order valence-electron chi connectivity index (χ1n) is 6.66. The van der Waals surface area contributed by atoms with Gasteiger partial charge in [0.25, 0.3) is 0 Å². The predicted octanol–water partition coefficient (Wildman–Crippen LogP) is 3.19. The van der Waals surface area contributed by atoms with Gasteiger partial charge in [0.2, 0.25) is 0 Å². The van der Waals surface area contributed by atoms with Crippen molar-refractivity contribution in [1.29, 1.82) is 0 Å². The van der Waals surface area contributed by atoms with Gasteiger partial charge in [0.15, 0.2) is 0 Å². The minimum Gasteiger partial charge on any atom is -0.462 e. The fourth-order valence-corrected chi connectivity index (χ4v) is 2.19. The highest BCUT2D eigenvalue weighted by Crippen LogP contribution is 2.53. The molecule has 1 rings (SSSR count). The van der Waals surface area contributed by atoms with Crippen LogP contribution in [0.3, 0.4) is 0 Å². The van der Waals surface area contributed by atoms with E-state index in [-0.39, 0.29) is 4.75 Å². The van der Waals surface area contributed by atoms with E-state index in [0.29, 0.717) is 30.9 Å². The van der Waals surface area contributed by atoms with Crippen LogP contribution in [0.4, 0.5) is 0 Å². The number of hydrogen-bond acceptors (Lipinski definition) is 5. The van der Waals surface area contributed by atoms with Crippen molar-refractivity contribution in [1.82, 2.24) is 5.16 Å². The van der Waals surface area contributed by atoms with E-state index in [2.05, 4.69) is 38.4 Å². The summed E-state index contributed by atoms with van der Waals surface area (Å²) in [5.41, 5.74) is 0.978. The van der Waals surface area contributed by atoms with E-state index >= 15 is 0 Å². The fourth-order valence-electron chi connectivity index (χ4n) is 1.34. The van der Waals surface area contributed by atoms with Crippen molar-refractivity contribution in [3.05, 3.63) is 17.5 Å². The smallest absolute Gasteiger partial charge is 0.343 e. The summed E-state index contributed by atoms with van der Waals surface area (Å²) >= 11 is 0. The molecule has 0 aliphatic rings. The number of rotatable bonds is 6. The minimum atomic E-state index is -1.17. The molecule has 0 aliphatic heterocycles. The summed E-state index contributed by atoms with van der Waals surface area (Å²) in [5.74, 6) is -0.397. The number of carbonyl (C=O) groups excluding carboxylic acids is 1. The zero-order valence-corrected chi connectivity index (χ0v) is 14.0. The van der Waals surface area contributed by atoms with Crippen molar-refractivity contribution in [3.63, 3.8) is 0 Å². The summed E-state index contributed by atoms with van der Waals surface area (Å²) < 4.78 is 15.9. The molecule has 0 spiro atoms. The molecule has 5 nitrogen and oxygen atoms in total. The molecule has 0 unspecified atom stereocenters. The van der Waals surface area contributed by atoms with E-state index < -0.39 is 16.3 Å².